The average molecular weight is 305 g/mol. The zero-order valence-corrected chi connectivity index (χ0v) is 12.9. The standard InChI is InChI=1S/C16H19NO3S/c1-3-16(18)13-8-6-9-14(11-13)21(19,20)17-15-10-5-4-7-12(15)2/h4-11,16-18H,3H2,1-2H3. The Balaban J connectivity index is 2.34. The molecule has 0 fully saturated rings. The fourth-order valence-electron chi connectivity index (χ4n) is 2.02. The summed E-state index contributed by atoms with van der Waals surface area (Å²) < 4.78 is 27.4. The molecule has 0 bridgehead atoms. The molecule has 5 heteroatoms. The monoisotopic (exact) mass is 305 g/mol. The van der Waals surface area contributed by atoms with E-state index in [1.54, 1.807) is 24.3 Å². The van der Waals surface area contributed by atoms with Gasteiger partial charge in [-0.1, -0.05) is 37.3 Å². The van der Waals surface area contributed by atoms with E-state index in [1.807, 2.05) is 26.0 Å². The Labute approximate surface area is 125 Å². The first-order chi connectivity index (χ1) is 9.94. The van der Waals surface area contributed by atoms with Crippen LogP contribution in [0.15, 0.2) is 53.4 Å². The normalized spacial score (nSPS) is 12.9. The topological polar surface area (TPSA) is 66.4 Å². The van der Waals surface area contributed by atoms with E-state index in [0.29, 0.717) is 17.7 Å². The molecular weight excluding hydrogens is 286 g/mol. The number of aliphatic hydroxyl groups excluding tert-OH is 1. The lowest BCUT2D eigenvalue weighted by molar-refractivity contribution is 0.173. The van der Waals surface area contributed by atoms with Crippen molar-refractivity contribution in [2.75, 3.05) is 4.72 Å². The Kier molecular flexibility index (Phi) is 4.65. The molecular formula is C16H19NO3S. The smallest absolute Gasteiger partial charge is 0.261 e. The van der Waals surface area contributed by atoms with E-state index in [4.69, 9.17) is 0 Å². The fourth-order valence-corrected chi connectivity index (χ4v) is 3.20. The predicted molar refractivity (Wildman–Crippen MR) is 83.7 cm³/mol. The molecule has 0 amide bonds. The highest BCUT2D eigenvalue weighted by atomic mass is 32.2. The van der Waals surface area contributed by atoms with Gasteiger partial charge in [0.25, 0.3) is 10.0 Å². The number of para-hydroxylation sites is 1. The molecule has 2 aromatic carbocycles. The van der Waals surface area contributed by atoms with Crippen LogP contribution in [-0.2, 0) is 10.0 Å². The van der Waals surface area contributed by atoms with Gasteiger partial charge >= 0.3 is 0 Å². The number of aliphatic hydroxyl groups is 1. The van der Waals surface area contributed by atoms with E-state index in [2.05, 4.69) is 4.72 Å². The summed E-state index contributed by atoms with van der Waals surface area (Å²) in [5, 5.41) is 9.84. The van der Waals surface area contributed by atoms with Crippen molar-refractivity contribution < 1.29 is 13.5 Å². The summed E-state index contributed by atoms with van der Waals surface area (Å²) in [6.07, 6.45) is -0.118. The van der Waals surface area contributed by atoms with Crippen LogP contribution in [-0.4, -0.2) is 13.5 Å². The summed E-state index contributed by atoms with van der Waals surface area (Å²) in [7, 11) is -3.66. The van der Waals surface area contributed by atoms with Crippen molar-refractivity contribution >= 4 is 15.7 Å². The van der Waals surface area contributed by atoms with Gasteiger partial charge in [0.1, 0.15) is 0 Å². The number of aryl methyl sites for hydroxylation is 1. The second-order valence-electron chi connectivity index (χ2n) is 4.92. The molecule has 2 aromatic rings. The van der Waals surface area contributed by atoms with Gasteiger partial charge in [-0.25, -0.2) is 8.42 Å². The quantitative estimate of drug-likeness (QED) is 0.891. The second-order valence-corrected chi connectivity index (χ2v) is 6.60. The molecule has 0 aliphatic carbocycles. The van der Waals surface area contributed by atoms with Gasteiger partial charge in [0, 0.05) is 0 Å². The minimum absolute atomic E-state index is 0.149. The Morgan fingerprint density at radius 1 is 1.14 bits per heavy atom. The number of nitrogens with one attached hydrogen (secondary N) is 1. The molecule has 0 aromatic heterocycles. The maximum Gasteiger partial charge on any atom is 0.261 e. The van der Waals surface area contributed by atoms with Crippen LogP contribution < -0.4 is 4.72 Å². The van der Waals surface area contributed by atoms with E-state index in [1.165, 1.54) is 12.1 Å². The average Bonchev–Trinajstić information content (AvgIpc) is 2.49. The molecule has 0 heterocycles. The van der Waals surface area contributed by atoms with Crippen LogP contribution in [0.3, 0.4) is 0 Å². The van der Waals surface area contributed by atoms with Gasteiger partial charge < -0.3 is 5.11 Å². The number of sulfonamides is 1. The molecule has 21 heavy (non-hydrogen) atoms. The molecule has 2 rings (SSSR count). The van der Waals surface area contributed by atoms with Crippen LogP contribution in [0.2, 0.25) is 0 Å². The first-order valence-electron chi connectivity index (χ1n) is 6.80. The summed E-state index contributed by atoms with van der Waals surface area (Å²) in [4.78, 5) is 0.149. The lowest BCUT2D eigenvalue weighted by Crippen LogP contribution is -2.14. The summed E-state index contributed by atoms with van der Waals surface area (Å²) in [6, 6.07) is 13.6. The van der Waals surface area contributed by atoms with Crippen molar-refractivity contribution in [1.29, 1.82) is 0 Å². The van der Waals surface area contributed by atoms with Crippen LogP contribution in [0, 0.1) is 6.92 Å². The first-order valence-corrected chi connectivity index (χ1v) is 8.29. The lowest BCUT2D eigenvalue weighted by atomic mass is 10.1. The molecule has 112 valence electrons. The Bertz CT molecular complexity index is 726. The van der Waals surface area contributed by atoms with Crippen molar-refractivity contribution in [2.24, 2.45) is 0 Å². The van der Waals surface area contributed by atoms with Crippen LogP contribution in [0.25, 0.3) is 0 Å². The Hall–Kier alpha value is -1.85. The summed E-state index contributed by atoms with van der Waals surface area (Å²) >= 11 is 0. The molecule has 0 saturated carbocycles. The van der Waals surface area contributed by atoms with Crippen LogP contribution >= 0.6 is 0 Å². The van der Waals surface area contributed by atoms with E-state index in [9.17, 15) is 13.5 Å². The number of rotatable bonds is 5. The van der Waals surface area contributed by atoms with Gasteiger partial charge in [0.2, 0.25) is 0 Å². The van der Waals surface area contributed by atoms with Gasteiger partial charge in [-0.3, -0.25) is 4.72 Å². The molecule has 1 atom stereocenters. The minimum Gasteiger partial charge on any atom is -0.388 e. The zero-order chi connectivity index (χ0) is 15.5. The molecule has 0 aliphatic heterocycles. The minimum atomic E-state index is -3.66. The molecule has 0 saturated heterocycles. The van der Waals surface area contributed by atoms with Crippen LogP contribution in [0.1, 0.15) is 30.6 Å². The van der Waals surface area contributed by atoms with E-state index >= 15 is 0 Å². The largest absolute Gasteiger partial charge is 0.388 e. The second kappa shape index (κ2) is 6.28. The van der Waals surface area contributed by atoms with Gasteiger partial charge in [0.15, 0.2) is 0 Å². The number of hydrogen-bond donors (Lipinski definition) is 2. The molecule has 2 N–H and O–H groups in total. The molecule has 0 spiro atoms. The number of anilines is 1. The van der Waals surface area contributed by atoms with Crippen molar-refractivity contribution in [3.05, 3.63) is 59.7 Å². The summed E-state index contributed by atoms with van der Waals surface area (Å²) in [5.41, 5.74) is 2.01. The number of benzene rings is 2. The molecule has 4 nitrogen and oxygen atoms in total. The molecule has 1 unspecified atom stereocenters. The zero-order valence-electron chi connectivity index (χ0n) is 12.1. The summed E-state index contributed by atoms with van der Waals surface area (Å²) in [5.74, 6) is 0. The molecule has 0 radical (unpaired) electrons. The highest BCUT2D eigenvalue weighted by molar-refractivity contribution is 7.92. The van der Waals surface area contributed by atoms with Crippen LogP contribution in [0.5, 0.6) is 0 Å². The third-order valence-corrected chi connectivity index (χ3v) is 4.69. The highest BCUT2D eigenvalue weighted by Crippen LogP contribution is 2.23. The predicted octanol–water partition coefficient (Wildman–Crippen LogP) is 3.24. The van der Waals surface area contributed by atoms with Gasteiger partial charge in [-0.15, -0.1) is 0 Å². The van der Waals surface area contributed by atoms with Crippen molar-refractivity contribution in [2.45, 2.75) is 31.3 Å². The van der Waals surface area contributed by atoms with Crippen LogP contribution in [0.4, 0.5) is 5.69 Å². The lowest BCUT2D eigenvalue weighted by Gasteiger charge is -2.13. The third kappa shape index (κ3) is 3.62. The highest BCUT2D eigenvalue weighted by Gasteiger charge is 2.16. The van der Waals surface area contributed by atoms with Gasteiger partial charge in [-0.05, 0) is 42.7 Å². The maximum atomic E-state index is 12.4. The van der Waals surface area contributed by atoms with Gasteiger partial charge in [0.05, 0.1) is 16.7 Å². The third-order valence-electron chi connectivity index (χ3n) is 3.33. The van der Waals surface area contributed by atoms with Gasteiger partial charge in [-0.2, -0.15) is 0 Å². The van der Waals surface area contributed by atoms with E-state index in [-0.39, 0.29) is 4.90 Å². The van der Waals surface area contributed by atoms with Crippen molar-refractivity contribution in [1.82, 2.24) is 0 Å². The van der Waals surface area contributed by atoms with E-state index < -0.39 is 16.1 Å². The fraction of sp³-hybridized carbons (Fsp3) is 0.250. The number of hydrogen-bond acceptors (Lipinski definition) is 3. The maximum absolute atomic E-state index is 12.4. The van der Waals surface area contributed by atoms with Crippen molar-refractivity contribution in [3.63, 3.8) is 0 Å². The summed E-state index contributed by atoms with van der Waals surface area (Å²) in [6.45, 7) is 3.69. The SMILES string of the molecule is CCC(O)c1cccc(S(=O)(=O)Nc2ccccc2C)c1. The van der Waals surface area contributed by atoms with Crippen molar-refractivity contribution in [3.8, 4) is 0 Å². The molecule has 0 aliphatic rings. The Morgan fingerprint density at radius 2 is 1.86 bits per heavy atom. The van der Waals surface area contributed by atoms with E-state index in [0.717, 1.165) is 5.56 Å². The first kappa shape index (κ1) is 15.5. The Morgan fingerprint density at radius 3 is 2.52 bits per heavy atom.